The van der Waals surface area contributed by atoms with E-state index in [-0.39, 0.29) is 17.9 Å². The molecule has 2 aliphatic rings. The Labute approximate surface area is 172 Å². The smallest absolute Gasteiger partial charge is 0.246 e. The standard InChI is InChI=1S/C25H28N2O2/c1-25(2,21-11-7-4-8-12-21)24(29)26-16-15-22-20(17-26)18-27(22)23(28)14-13-19-9-5-3-6-10-19/h3-14,20,22H,15-18H2,1-2H3/t20-,22-/m0/s1. The first-order chi connectivity index (χ1) is 14.0. The summed E-state index contributed by atoms with van der Waals surface area (Å²) < 4.78 is 0. The number of benzene rings is 2. The molecule has 4 rings (SSSR count). The number of hydrogen-bond acceptors (Lipinski definition) is 2. The third-order valence-electron chi connectivity index (χ3n) is 6.34. The summed E-state index contributed by atoms with van der Waals surface area (Å²) in [5.74, 6) is 0.628. The Morgan fingerprint density at radius 1 is 0.966 bits per heavy atom. The molecule has 4 heteroatoms. The van der Waals surface area contributed by atoms with E-state index in [2.05, 4.69) is 0 Å². The third-order valence-corrected chi connectivity index (χ3v) is 6.34. The van der Waals surface area contributed by atoms with Crippen molar-refractivity contribution in [3.8, 4) is 0 Å². The van der Waals surface area contributed by atoms with E-state index in [0.717, 1.165) is 30.6 Å². The van der Waals surface area contributed by atoms with Gasteiger partial charge in [-0.05, 0) is 37.5 Å². The summed E-state index contributed by atoms with van der Waals surface area (Å²) in [5.41, 5.74) is 1.54. The van der Waals surface area contributed by atoms with Crippen LogP contribution in [0.15, 0.2) is 66.7 Å². The minimum Gasteiger partial charge on any atom is -0.341 e. The Morgan fingerprint density at radius 3 is 2.28 bits per heavy atom. The second-order valence-corrected chi connectivity index (χ2v) is 8.59. The summed E-state index contributed by atoms with van der Waals surface area (Å²) in [6, 6.07) is 20.1. The third kappa shape index (κ3) is 3.84. The zero-order chi connectivity index (χ0) is 20.4. The molecule has 2 aliphatic heterocycles. The number of carbonyl (C=O) groups excluding carboxylic acids is 2. The topological polar surface area (TPSA) is 40.6 Å². The Morgan fingerprint density at radius 2 is 1.62 bits per heavy atom. The predicted molar refractivity (Wildman–Crippen MR) is 115 cm³/mol. The van der Waals surface area contributed by atoms with Crippen LogP contribution in [-0.2, 0) is 15.0 Å². The van der Waals surface area contributed by atoms with Crippen molar-refractivity contribution in [3.63, 3.8) is 0 Å². The van der Waals surface area contributed by atoms with Crippen molar-refractivity contribution in [2.45, 2.75) is 31.7 Å². The molecule has 2 aromatic rings. The maximum atomic E-state index is 13.2. The average Bonchev–Trinajstić information content (AvgIpc) is 2.74. The fourth-order valence-electron chi connectivity index (χ4n) is 4.50. The SMILES string of the molecule is CC(C)(C(=O)N1CC[C@H]2[C@@H](C1)CN2C(=O)C=Cc1ccccc1)c1ccccc1. The molecular formula is C25H28N2O2. The number of hydrogen-bond donors (Lipinski definition) is 0. The number of amides is 2. The lowest BCUT2D eigenvalue weighted by molar-refractivity contribution is -0.150. The minimum absolute atomic E-state index is 0.0690. The van der Waals surface area contributed by atoms with Gasteiger partial charge in [0.05, 0.1) is 5.41 Å². The molecule has 0 radical (unpaired) electrons. The van der Waals surface area contributed by atoms with Crippen molar-refractivity contribution < 1.29 is 9.59 Å². The van der Waals surface area contributed by atoms with Gasteiger partial charge in [0.25, 0.3) is 0 Å². The molecule has 2 atom stereocenters. The summed E-state index contributed by atoms with van der Waals surface area (Å²) in [6.07, 6.45) is 4.39. The zero-order valence-corrected chi connectivity index (χ0v) is 17.1. The van der Waals surface area contributed by atoms with E-state index < -0.39 is 5.41 Å². The normalized spacial score (nSPS) is 21.6. The van der Waals surface area contributed by atoms with E-state index in [1.54, 1.807) is 6.08 Å². The maximum absolute atomic E-state index is 13.2. The van der Waals surface area contributed by atoms with Crippen LogP contribution in [0, 0.1) is 5.92 Å². The maximum Gasteiger partial charge on any atom is 0.246 e. The van der Waals surface area contributed by atoms with Crippen molar-refractivity contribution in [2.24, 2.45) is 5.92 Å². The number of carbonyl (C=O) groups is 2. The number of likely N-dealkylation sites (tertiary alicyclic amines) is 2. The quantitative estimate of drug-likeness (QED) is 0.749. The molecule has 0 unspecified atom stereocenters. The highest BCUT2D eigenvalue weighted by Crippen LogP contribution is 2.35. The van der Waals surface area contributed by atoms with E-state index >= 15 is 0 Å². The van der Waals surface area contributed by atoms with Gasteiger partial charge >= 0.3 is 0 Å². The first-order valence-electron chi connectivity index (χ1n) is 10.4. The predicted octanol–water partition coefficient (Wildman–Crippen LogP) is 3.74. The van der Waals surface area contributed by atoms with Gasteiger partial charge in [-0.2, -0.15) is 0 Å². The Balaban J connectivity index is 1.35. The second-order valence-electron chi connectivity index (χ2n) is 8.59. The second kappa shape index (κ2) is 7.86. The Hall–Kier alpha value is -2.88. The molecule has 2 aromatic carbocycles. The summed E-state index contributed by atoms with van der Waals surface area (Å²) in [4.78, 5) is 29.7. The van der Waals surface area contributed by atoms with Gasteiger partial charge in [-0.25, -0.2) is 0 Å². The highest BCUT2D eigenvalue weighted by molar-refractivity contribution is 5.93. The first-order valence-corrected chi connectivity index (χ1v) is 10.4. The molecule has 0 aliphatic carbocycles. The van der Waals surface area contributed by atoms with Crippen LogP contribution in [0.4, 0.5) is 0 Å². The van der Waals surface area contributed by atoms with Crippen LogP contribution in [0.1, 0.15) is 31.4 Å². The summed E-state index contributed by atoms with van der Waals surface area (Å²) >= 11 is 0. The van der Waals surface area contributed by atoms with Gasteiger partial charge in [0.15, 0.2) is 0 Å². The van der Waals surface area contributed by atoms with Gasteiger partial charge in [-0.3, -0.25) is 9.59 Å². The first kappa shape index (κ1) is 19.4. The van der Waals surface area contributed by atoms with Crippen LogP contribution in [0.2, 0.25) is 0 Å². The fraction of sp³-hybridized carbons (Fsp3) is 0.360. The molecule has 0 spiro atoms. The molecular weight excluding hydrogens is 360 g/mol. The molecule has 0 aromatic heterocycles. The van der Waals surface area contributed by atoms with Gasteiger partial charge in [0.2, 0.25) is 11.8 Å². The largest absolute Gasteiger partial charge is 0.341 e. The van der Waals surface area contributed by atoms with Crippen molar-refractivity contribution in [1.29, 1.82) is 0 Å². The summed E-state index contributed by atoms with van der Waals surface area (Å²) in [5, 5.41) is 0. The van der Waals surface area contributed by atoms with Crippen molar-refractivity contribution >= 4 is 17.9 Å². The molecule has 29 heavy (non-hydrogen) atoms. The summed E-state index contributed by atoms with van der Waals surface area (Å²) in [7, 11) is 0. The number of rotatable bonds is 4. The van der Waals surface area contributed by atoms with Gasteiger partial charge in [-0.1, -0.05) is 60.7 Å². The minimum atomic E-state index is -0.536. The van der Waals surface area contributed by atoms with Crippen molar-refractivity contribution in [3.05, 3.63) is 77.9 Å². The van der Waals surface area contributed by atoms with E-state index in [9.17, 15) is 9.59 Å². The van der Waals surface area contributed by atoms with E-state index in [1.165, 1.54) is 0 Å². The number of fused-ring (bicyclic) bond motifs is 1. The molecule has 2 fully saturated rings. The average molecular weight is 389 g/mol. The van der Waals surface area contributed by atoms with Crippen LogP contribution < -0.4 is 0 Å². The molecule has 2 heterocycles. The molecule has 0 saturated carbocycles. The van der Waals surface area contributed by atoms with E-state index in [4.69, 9.17) is 0 Å². The highest BCUT2D eigenvalue weighted by atomic mass is 16.2. The molecule has 0 N–H and O–H groups in total. The Bertz CT molecular complexity index is 905. The zero-order valence-electron chi connectivity index (χ0n) is 17.1. The molecule has 0 bridgehead atoms. The number of nitrogens with zero attached hydrogens (tertiary/aromatic N) is 2. The lowest BCUT2D eigenvalue weighted by Gasteiger charge is -2.53. The van der Waals surface area contributed by atoms with Crippen LogP contribution in [0.3, 0.4) is 0 Å². The molecule has 2 saturated heterocycles. The monoisotopic (exact) mass is 388 g/mol. The fourth-order valence-corrected chi connectivity index (χ4v) is 4.50. The van der Waals surface area contributed by atoms with Crippen LogP contribution in [0.5, 0.6) is 0 Å². The lowest BCUT2D eigenvalue weighted by Crippen LogP contribution is -2.66. The summed E-state index contributed by atoms with van der Waals surface area (Å²) in [6.45, 7) is 6.19. The van der Waals surface area contributed by atoms with Gasteiger partial charge in [-0.15, -0.1) is 0 Å². The van der Waals surface area contributed by atoms with Crippen LogP contribution in [-0.4, -0.2) is 47.3 Å². The van der Waals surface area contributed by atoms with Crippen LogP contribution >= 0.6 is 0 Å². The van der Waals surface area contributed by atoms with E-state index in [0.29, 0.717) is 12.5 Å². The van der Waals surface area contributed by atoms with Crippen LogP contribution in [0.25, 0.3) is 6.08 Å². The van der Waals surface area contributed by atoms with Gasteiger partial charge in [0.1, 0.15) is 0 Å². The van der Waals surface area contributed by atoms with Gasteiger partial charge < -0.3 is 9.80 Å². The van der Waals surface area contributed by atoms with Crippen molar-refractivity contribution in [2.75, 3.05) is 19.6 Å². The highest BCUT2D eigenvalue weighted by Gasteiger charge is 2.46. The van der Waals surface area contributed by atoms with Crippen molar-refractivity contribution in [1.82, 2.24) is 9.80 Å². The Kier molecular flexibility index (Phi) is 5.27. The van der Waals surface area contributed by atoms with Gasteiger partial charge in [0, 0.05) is 37.7 Å². The molecule has 4 nitrogen and oxygen atoms in total. The lowest BCUT2D eigenvalue weighted by atomic mass is 9.79. The van der Waals surface area contributed by atoms with E-state index in [1.807, 2.05) is 90.4 Å². The molecule has 150 valence electrons. The number of piperidine rings is 1. The molecule has 2 amide bonds.